The van der Waals surface area contributed by atoms with Gasteiger partial charge in [-0.1, -0.05) is 18.6 Å². The third-order valence-electron chi connectivity index (χ3n) is 3.29. The first-order valence-corrected chi connectivity index (χ1v) is 7.54. The zero-order chi connectivity index (χ0) is 11.9. The summed E-state index contributed by atoms with van der Waals surface area (Å²) in [6, 6.07) is 7.63. The number of rotatable bonds is 1. The van der Waals surface area contributed by atoms with Gasteiger partial charge >= 0.3 is 0 Å². The van der Waals surface area contributed by atoms with Gasteiger partial charge in [0.15, 0.2) is 9.84 Å². The number of fused-ring (bicyclic) bond motifs is 1. The van der Waals surface area contributed by atoms with E-state index in [1.54, 1.807) is 0 Å². The molecule has 4 nitrogen and oxygen atoms in total. The van der Waals surface area contributed by atoms with Crippen LogP contribution in [0.25, 0.3) is 11.0 Å². The van der Waals surface area contributed by atoms with Crippen LogP contribution in [-0.4, -0.2) is 24.1 Å². The zero-order valence-corrected chi connectivity index (χ0v) is 10.2. The fourth-order valence-electron chi connectivity index (χ4n) is 2.39. The van der Waals surface area contributed by atoms with Crippen LogP contribution < -0.4 is 0 Å². The van der Waals surface area contributed by atoms with Crippen LogP contribution >= 0.6 is 0 Å². The number of hydrogen-bond donors (Lipinski definition) is 1. The Morgan fingerprint density at radius 2 is 2.06 bits per heavy atom. The van der Waals surface area contributed by atoms with Gasteiger partial charge in [-0.25, -0.2) is 13.4 Å². The molecule has 2 heterocycles. The van der Waals surface area contributed by atoms with Gasteiger partial charge in [-0.2, -0.15) is 0 Å². The van der Waals surface area contributed by atoms with E-state index in [4.69, 9.17) is 0 Å². The van der Waals surface area contributed by atoms with Crippen molar-refractivity contribution in [1.29, 1.82) is 0 Å². The van der Waals surface area contributed by atoms with Crippen molar-refractivity contribution in [2.24, 2.45) is 0 Å². The van der Waals surface area contributed by atoms with Crippen LogP contribution in [-0.2, 0) is 9.84 Å². The summed E-state index contributed by atoms with van der Waals surface area (Å²) < 4.78 is 24.0. The Morgan fingerprint density at radius 1 is 1.24 bits per heavy atom. The van der Waals surface area contributed by atoms with Crippen molar-refractivity contribution >= 4 is 20.9 Å². The number of H-pyrrole nitrogens is 1. The number of nitrogens with one attached hydrogen (secondary N) is 1. The van der Waals surface area contributed by atoms with Crippen molar-refractivity contribution in [1.82, 2.24) is 9.97 Å². The van der Waals surface area contributed by atoms with Gasteiger partial charge in [0.05, 0.1) is 16.8 Å². The van der Waals surface area contributed by atoms with E-state index in [1.807, 2.05) is 24.3 Å². The second-order valence-electron chi connectivity index (χ2n) is 4.49. The fourth-order valence-corrected chi connectivity index (χ4v) is 4.26. The monoisotopic (exact) mass is 250 g/mol. The molecule has 90 valence electrons. The summed E-state index contributed by atoms with van der Waals surface area (Å²) in [5.41, 5.74) is 1.74. The molecule has 1 atom stereocenters. The van der Waals surface area contributed by atoms with Crippen molar-refractivity contribution in [3.8, 4) is 0 Å². The minimum absolute atomic E-state index is 0.286. The van der Waals surface area contributed by atoms with Crippen molar-refractivity contribution in [3.05, 3.63) is 30.1 Å². The van der Waals surface area contributed by atoms with E-state index in [9.17, 15) is 8.42 Å². The lowest BCUT2D eigenvalue weighted by molar-refractivity contribution is 0.540. The second kappa shape index (κ2) is 3.84. The van der Waals surface area contributed by atoms with Crippen LogP contribution in [0.2, 0.25) is 0 Å². The molecule has 0 spiro atoms. The average Bonchev–Trinajstić information content (AvgIpc) is 2.71. The maximum absolute atomic E-state index is 12.0. The lowest BCUT2D eigenvalue weighted by Crippen LogP contribution is -2.22. The maximum atomic E-state index is 12.0. The summed E-state index contributed by atoms with van der Waals surface area (Å²) in [6.07, 6.45) is 2.42. The van der Waals surface area contributed by atoms with Crippen LogP contribution in [0.4, 0.5) is 0 Å². The first-order valence-electron chi connectivity index (χ1n) is 5.83. The van der Waals surface area contributed by atoms with E-state index in [1.165, 1.54) is 0 Å². The molecule has 1 aliphatic rings. The SMILES string of the molecule is O=S1(=O)CCCCC1c1nc2ccccc2[nH]1. The number of aromatic nitrogens is 2. The van der Waals surface area contributed by atoms with E-state index >= 15 is 0 Å². The molecule has 17 heavy (non-hydrogen) atoms. The summed E-state index contributed by atoms with van der Waals surface area (Å²) >= 11 is 0. The third kappa shape index (κ3) is 1.84. The van der Waals surface area contributed by atoms with Gasteiger partial charge < -0.3 is 4.98 Å². The standard InChI is InChI=1S/C12H14N2O2S/c15-17(16)8-4-3-7-11(17)12-13-9-5-1-2-6-10(9)14-12/h1-2,5-6,11H,3-4,7-8H2,(H,13,14). The Kier molecular flexibility index (Phi) is 2.43. The Balaban J connectivity index is 2.08. The van der Waals surface area contributed by atoms with Gasteiger partial charge in [0.25, 0.3) is 0 Å². The predicted molar refractivity (Wildman–Crippen MR) is 66.5 cm³/mol. The lowest BCUT2D eigenvalue weighted by Gasteiger charge is -2.19. The minimum Gasteiger partial charge on any atom is -0.341 e. The van der Waals surface area contributed by atoms with Gasteiger partial charge in [0.2, 0.25) is 0 Å². The first kappa shape index (κ1) is 10.8. The highest BCUT2D eigenvalue weighted by molar-refractivity contribution is 7.91. The quantitative estimate of drug-likeness (QED) is 0.844. The van der Waals surface area contributed by atoms with E-state index in [2.05, 4.69) is 9.97 Å². The summed E-state index contributed by atoms with van der Waals surface area (Å²) in [5.74, 6) is 0.889. The first-order chi connectivity index (χ1) is 8.17. The van der Waals surface area contributed by atoms with Crippen LogP contribution in [0, 0.1) is 0 Å². The molecule has 3 rings (SSSR count). The number of para-hydroxylation sites is 2. The van der Waals surface area contributed by atoms with Gasteiger partial charge in [-0.3, -0.25) is 0 Å². The Labute approximate surface area is 100.0 Å². The topological polar surface area (TPSA) is 62.8 Å². The molecule has 1 N–H and O–H groups in total. The van der Waals surface area contributed by atoms with Gasteiger partial charge in [-0.15, -0.1) is 0 Å². The number of imidazole rings is 1. The van der Waals surface area contributed by atoms with Gasteiger partial charge in [-0.05, 0) is 25.0 Å². The third-order valence-corrected chi connectivity index (χ3v) is 5.47. The normalized spacial score (nSPS) is 23.9. The van der Waals surface area contributed by atoms with E-state index < -0.39 is 15.1 Å². The summed E-state index contributed by atoms with van der Waals surface area (Å²) in [6.45, 7) is 0. The highest BCUT2D eigenvalue weighted by Crippen LogP contribution is 2.32. The molecule has 2 aromatic rings. The molecule has 0 amide bonds. The van der Waals surface area contributed by atoms with Crippen molar-refractivity contribution in [2.45, 2.75) is 24.5 Å². The van der Waals surface area contributed by atoms with Crippen LogP contribution in [0.15, 0.2) is 24.3 Å². The number of sulfone groups is 1. The van der Waals surface area contributed by atoms with Gasteiger partial charge in [0, 0.05) is 0 Å². The number of hydrogen-bond acceptors (Lipinski definition) is 3. The highest BCUT2D eigenvalue weighted by atomic mass is 32.2. The van der Waals surface area contributed by atoms with E-state index in [0.29, 0.717) is 12.2 Å². The molecule has 0 saturated carbocycles. The predicted octanol–water partition coefficient (Wildman–Crippen LogP) is 2.20. The van der Waals surface area contributed by atoms with Crippen molar-refractivity contribution < 1.29 is 8.42 Å². The largest absolute Gasteiger partial charge is 0.341 e. The van der Waals surface area contributed by atoms with Crippen molar-refractivity contribution in [3.63, 3.8) is 0 Å². The molecule has 0 radical (unpaired) electrons. The number of nitrogens with zero attached hydrogens (tertiary/aromatic N) is 1. The van der Waals surface area contributed by atoms with E-state index in [0.717, 1.165) is 23.9 Å². The molecule has 1 aromatic heterocycles. The molecule has 1 unspecified atom stereocenters. The number of aromatic amines is 1. The summed E-state index contributed by atoms with van der Waals surface area (Å²) in [5, 5.41) is -0.441. The summed E-state index contributed by atoms with van der Waals surface area (Å²) in [7, 11) is -3.02. The molecule has 0 bridgehead atoms. The van der Waals surface area contributed by atoms with Crippen molar-refractivity contribution in [2.75, 3.05) is 5.75 Å². The molecule has 5 heteroatoms. The Morgan fingerprint density at radius 3 is 2.82 bits per heavy atom. The molecule has 0 aliphatic carbocycles. The minimum atomic E-state index is -3.02. The molecular weight excluding hydrogens is 236 g/mol. The Bertz CT molecular complexity index is 612. The average molecular weight is 250 g/mol. The van der Waals surface area contributed by atoms with Gasteiger partial charge in [0.1, 0.15) is 11.1 Å². The molecule has 1 saturated heterocycles. The molecule has 1 aromatic carbocycles. The maximum Gasteiger partial charge on any atom is 0.160 e. The molecular formula is C12H14N2O2S. The second-order valence-corrected chi connectivity index (χ2v) is 6.79. The van der Waals surface area contributed by atoms with Crippen LogP contribution in [0.1, 0.15) is 30.3 Å². The molecule has 1 aliphatic heterocycles. The highest BCUT2D eigenvalue weighted by Gasteiger charge is 2.32. The van der Waals surface area contributed by atoms with Crippen LogP contribution in [0.5, 0.6) is 0 Å². The summed E-state index contributed by atoms with van der Waals surface area (Å²) in [4.78, 5) is 7.53. The Hall–Kier alpha value is -1.36. The smallest absolute Gasteiger partial charge is 0.160 e. The zero-order valence-electron chi connectivity index (χ0n) is 9.39. The van der Waals surface area contributed by atoms with Crippen LogP contribution in [0.3, 0.4) is 0 Å². The number of benzene rings is 1. The lowest BCUT2D eigenvalue weighted by atomic mass is 10.2. The van der Waals surface area contributed by atoms with E-state index in [-0.39, 0.29) is 5.75 Å². The molecule has 1 fully saturated rings. The fraction of sp³-hybridized carbons (Fsp3) is 0.417.